The summed E-state index contributed by atoms with van der Waals surface area (Å²) in [4.78, 5) is 29.0. The van der Waals surface area contributed by atoms with E-state index in [-0.39, 0.29) is 23.4 Å². The summed E-state index contributed by atoms with van der Waals surface area (Å²) in [7, 11) is -4.18. The van der Waals surface area contributed by atoms with E-state index in [2.05, 4.69) is 5.32 Å². The largest absolute Gasteiger partial charge is 0.494 e. The first-order valence-electron chi connectivity index (χ1n) is 14.4. The Bertz CT molecular complexity index is 1430. The van der Waals surface area contributed by atoms with Crippen LogP contribution >= 0.6 is 0 Å². The van der Waals surface area contributed by atoms with Crippen molar-refractivity contribution >= 4 is 27.5 Å². The summed E-state index contributed by atoms with van der Waals surface area (Å²) in [6.45, 7) is 3.57. The van der Waals surface area contributed by atoms with Gasteiger partial charge in [0.05, 0.1) is 17.2 Å². The maximum atomic E-state index is 14.1. The highest BCUT2D eigenvalue weighted by molar-refractivity contribution is 7.92. The Morgan fingerprint density at radius 1 is 0.952 bits per heavy atom. The van der Waals surface area contributed by atoms with Crippen LogP contribution in [0.25, 0.3) is 0 Å². The maximum absolute atomic E-state index is 14.1. The van der Waals surface area contributed by atoms with Gasteiger partial charge in [0.25, 0.3) is 10.0 Å². The fourth-order valence-electron chi connectivity index (χ4n) is 5.20. The van der Waals surface area contributed by atoms with Crippen LogP contribution in [0.5, 0.6) is 5.75 Å². The van der Waals surface area contributed by atoms with E-state index >= 15 is 0 Å². The van der Waals surface area contributed by atoms with Gasteiger partial charge in [-0.25, -0.2) is 12.8 Å². The smallest absolute Gasteiger partial charge is 0.264 e. The number of carbonyl (C=O) groups excluding carboxylic acids is 2. The number of sulfonamides is 1. The van der Waals surface area contributed by atoms with Gasteiger partial charge in [-0.1, -0.05) is 50.1 Å². The Hall–Kier alpha value is -3.92. The number of halogens is 1. The molecule has 8 nitrogen and oxygen atoms in total. The van der Waals surface area contributed by atoms with Gasteiger partial charge < -0.3 is 15.0 Å². The first-order chi connectivity index (χ1) is 20.2. The molecule has 0 saturated heterocycles. The Labute approximate surface area is 247 Å². The highest BCUT2D eigenvalue weighted by atomic mass is 32.2. The second-order valence-electron chi connectivity index (χ2n) is 10.3. The Balaban J connectivity index is 1.68. The average Bonchev–Trinajstić information content (AvgIpc) is 3.50. The van der Waals surface area contributed by atoms with E-state index in [0.717, 1.165) is 30.0 Å². The number of hydrogen-bond donors (Lipinski definition) is 1. The molecule has 1 N–H and O–H groups in total. The highest BCUT2D eigenvalue weighted by Gasteiger charge is 2.34. The molecule has 42 heavy (non-hydrogen) atoms. The van der Waals surface area contributed by atoms with Gasteiger partial charge in [-0.05, 0) is 80.3 Å². The number of rotatable bonds is 13. The van der Waals surface area contributed by atoms with Crippen LogP contribution in [0.4, 0.5) is 10.1 Å². The molecule has 1 saturated carbocycles. The minimum Gasteiger partial charge on any atom is -0.494 e. The van der Waals surface area contributed by atoms with Gasteiger partial charge >= 0.3 is 0 Å². The molecule has 2 amide bonds. The topological polar surface area (TPSA) is 96.0 Å². The van der Waals surface area contributed by atoms with Crippen molar-refractivity contribution in [3.05, 3.63) is 90.2 Å². The summed E-state index contributed by atoms with van der Waals surface area (Å²) in [5.74, 6) is -0.714. The van der Waals surface area contributed by atoms with Crippen LogP contribution in [0.2, 0.25) is 0 Å². The van der Waals surface area contributed by atoms with Crippen molar-refractivity contribution in [3.8, 4) is 5.75 Å². The quantitative estimate of drug-likeness (QED) is 0.290. The molecular formula is C32H38FN3O5S. The third kappa shape index (κ3) is 7.67. The molecule has 0 aromatic heterocycles. The zero-order valence-electron chi connectivity index (χ0n) is 24.0. The SMILES string of the molecule is CCOc1ccc(S(=O)(=O)N(CC(=O)N(Cc2ccc(F)cc2)C(CC)C(=O)NC2CCCC2)c2ccccc2)cc1. The van der Waals surface area contributed by atoms with Crippen molar-refractivity contribution in [3.63, 3.8) is 0 Å². The maximum Gasteiger partial charge on any atom is 0.264 e. The number of amides is 2. The van der Waals surface area contributed by atoms with Crippen LogP contribution in [0, 0.1) is 5.82 Å². The Morgan fingerprint density at radius 3 is 2.19 bits per heavy atom. The molecule has 4 rings (SSSR count). The van der Waals surface area contributed by atoms with E-state index in [1.165, 1.54) is 29.2 Å². The first-order valence-corrected chi connectivity index (χ1v) is 15.8. The fourth-order valence-corrected chi connectivity index (χ4v) is 6.61. The molecule has 10 heteroatoms. The molecule has 1 atom stereocenters. The predicted octanol–water partition coefficient (Wildman–Crippen LogP) is 5.29. The lowest BCUT2D eigenvalue weighted by atomic mass is 10.1. The molecule has 0 aliphatic heterocycles. The minimum absolute atomic E-state index is 0.00120. The molecule has 1 aliphatic rings. The number of nitrogens with one attached hydrogen (secondary N) is 1. The van der Waals surface area contributed by atoms with E-state index in [4.69, 9.17) is 4.74 Å². The van der Waals surface area contributed by atoms with Crippen LogP contribution in [0.3, 0.4) is 0 Å². The number of ether oxygens (including phenoxy) is 1. The summed E-state index contributed by atoms with van der Waals surface area (Å²) in [6, 6.07) is 19.3. The van der Waals surface area contributed by atoms with Crippen LogP contribution in [-0.4, -0.2) is 50.4 Å². The van der Waals surface area contributed by atoms with Crippen molar-refractivity contribution < 1.29 is 27.1 Å². The molecule has 0 heterocycles. The Morgan fingerprint density at radius 2 is 1.60 bits per heavy atom. The number of anilines is 1. The monoisotopic (exact) mass is 595 g/mol. The summed E-state index contributed by atoms with van der Waals surface area (Å²) in [6.07, 6.45) is 4.17. The van der Waals surface area contributed by atoms with E-state index in [0.29, 0.717) is 30.0 Å². The number of para-hydroxylation sites is 1. The third-order valence-corrected chi connectivity index (χ3v) is 9.19. The van der Waals surface area contributed by atoms with Crippen LogP contribution in [0.15, 0.2) is 83.8 Å². The van der Waals surface area contributed by atoms with Crippen LogP contribution < -0.4 is 14.4 Å². The van der Waals surface area contributed by atoms with Gasteiger partial charge in [0, 0.05) is 12.6 Å². The molecule has 1 fully saturated rings. The van der Waals surface area contributed by atoms with Crippen molar-refractivity contribution in [2.24, 2.45) is 0 Å². The van der Waals surface area contributed by atoms with Crippen molar-refractivity contribution in [2.75, 3.05) is 17.5 Å². The Kier molecular flexibility index (Phi) is 10.6. The number of carbonyl (C=O) groups is 2. The van der Waals surface area contributed by atoms with E-state index < -0.39 is 34.3 Å². The lowest BCUT2D eigenvalue weighted by Crippen LogP contribution is -2.53. The lowest BCUT2D eigenvalue weighted by Gasteiger charge is -2.33. The van der Waals surface area contributed by atoms with Gasteiger partial charge in [-0.2, -0.15) is 0 Å². The number of benzene rings is 3. The number of hydrogen-bond acceptors (Lipinski definition) is 5. The zero-order valence-corrected chi connectivity index (χ0v) is 24.9. The lowest BCUT2D eigenvalue weighted by molar-refractivity contribution is -0.140. The molecule has 1 aliphatic carbocycles. The normalized spacial score (nSPS) is 14.3. The van der Waals surface area contributed by atoms with Gasteiger partial charge in [0.1, 0.15) is 24.2 Å². The van der Waals surface area contributed by atoms with Gasteiger partial charge in [-0.3, -0.25) is 13.9 Å². The van der Waals surface area contributed by atoms with Crippen LogP contribution in [-0.2, 0) is 26.2 Å². The first kappa shape index (κ1) is 31.0. The fraction of sp³-hybridized carbons (Fsp3) is 0.375. The molecule has 0 spiro atoms. The summed E-state index contributed by atoms with van der Waals surface area (Å²) in [5, 5.41) is 3.08. The molecule has 0 radical (unpaired) electrons. The minimum atomic E-state index is -4.18. The second kappa shape index (κ2) is 14.3. The summed E-state index contributed by atoms with van der Waals surface area (Å²) >= 11 is 0. The highest BCUT2D eigenvalue weighted by Crippen LogP contribution is 2.26. The second-order valence-corrected chi connectivity index (χ2v) is 12.2. The summed E-state index contributed by atoms with van der Waals surface area (Å²) in [5.41, 5.74) is 0.933. The zero-order chi connectivity index (χ0) is 30.1. The molecule has 3 aromatic rings. The molecule has 0 bridgehead atoms. The standard InChI is InChI=1S/C32H38FN3O5S/c1-3-30(32(38)34-26-10-8-9-11-26)35(22-24-14-16-25(33)17-15-24)31(37)23-36(27-12-6-5-7-13-27)42(39,40)29-20-18-28(19-21-29)41-4-2/h5-7,12-21,26,30H,3-4,8-11,22-23H2,1-2H3,(H,34,38). The average molecular weight is 596 g/mol. The van der Waals surface area contributed by atoms with E-state index in [1.807, 2.05) is 13.8 Å². The van der Waals surface area contributed by atoms with Crippen molar-refractivity contribution in [1.82, 2.24) is 10.2 Å². The predicted molar refractivity (Wildman–Crippen MR) is 160 cm³/mol. The van der Waals surface area contributed by atoms with E-state index in [9.17, 15) is 22.4 Å². The summed E-state index contributed by atoms with van der Waals surface area (Å²) < 4.78 is 48.1. The van der Waals surface area contributed by atoms with Gasteiger partial charge in [0.2, 0.25) is 11.8 Å². The van der Waals surface area contributed by atoms with Crippen LogP contribution in [0.1, 0.15) is 51.5 Å². The van der Waals surface area contributed by atoms with Gasteiger partial charge in [-0.15, -0.1) is 0 Å². The molecular weight excluding hydrogens is 557 g/mol. The molecule has 3 aromatic carbocycles. The van der Waals surface area contributed by atoms with E-state index in [1.54, 1.807) is 54.6 Å². The molecule has 1 unspecified atom stereocenters. The number of nitrogens with zero attached hydrogens (tertiary/aromatic N) is 2. The van der Waals surface area contributed by atoms with Gasteiger partial charge in [0.15, 0.2) is 0 Å². The third-order valence-electron chi connectivity index (χ3n) is 7.40. The van der Waals surface area contributed by atoms with Crippen molar-refractivity contribution in [1.29, 1.82) is 0 Å². The molecule has 224 valence electrons. The van der Waals surface area contributed by atoms with Crippen molar-refractivity contribution in [2.45, 2.75) is 69.5 Å².